The van der Waals surface area contributed by atoms with E-state index >= 15 is 0 Å². The van der Waals surface area contributed by atoms with Crippen LogP contribution in [0.4, 0.5) is 0 Å². The lowest BCUT2D eigenvalue weighted by atomic mass is 10.1. The number of amides is 1. The minimum absolute atomic E-state index is 0.0731. The van der Waals surface area contributed by atoms with Gasteiger partial charge in [-0.3, -0.25) is 14.7 Å². The fraction of sp³-hybridized carbons (Fsp3) is 0.357. The summed E-state index contributed by atoms with van der Waals surface area (Å²) >= 11 is 0. The van der Waals surface area contributed by atoms with Crippen LogP contribution < -0.4 is 14.8 Å². The Kier molecular flexibility index (Phi) is 5.78. The number of pyridine rings is 1. The van der Waals surface area contributed by atoms with Crippen LogP contribution in [-0.2, 0) is 0 Å². The van der Waals surface area contributed by atoms with Gasteiger partial charge >= 0.3 is 0 Å². The first-order valence-electron chi connectivity index (χ1n) is 12.4. The average molecular weight is 472 g/mol. The summed E-state index contributed by atoms with van der Waals surface area (Å²) in [7, 11) is 0. The van der Waals surface area contributed by atoms with Gasteiger partial charge in [0.25, 0.3) is 5.91 Å². The summed E-state index contributed by atoms with van der Waals surface area (Å²) in [6, 6.07) is 13.6. The first-order chi connectivity index (χ1) is 17.1. The molecule has 2 aliphatic rings. The van der Waals surface area contributed by atoms with Crippen molar-refractivity contribution in [3.05, 3.63) is 60.0 Å². The van der Waals surface area contributed by atoms with Crippen molar-refractivity contribution in [2.75, 3.05) is 26.2 Å². The molecule has 1 N–H and O–H groups in total. The third kappa shape index (κ3) is 4.68. The number of nitrogens with zero attached hydrogens (tertiary/aromatic N) is 2. The summed E-state index contributed by atoms with van der Waals surface area (Å²) < 4.78 is 18.1. The van der Waals surface area contributed by atoms with E-state index < -0.39 is 0 Å². The lowest BCUT2D eigenvalue weighted by Gasteiger charge is -2.15. The zero-order valence-corrected chi connectivity index (χ0v) is 19.9. The molecule has 35 heavy (non-hydrogen) atoms. The molecule has 1 saturated heterocycles. The Morgan fingerprint density at radius 1 is 1.09 bits per heavy atom. The molecular formula is C28H29N3O4. The molecule has 7 nitrogen and oxygen atoms in total. The topological polar surface area (TPSA) is 76.8 Å². The molecule has 0 unspecified atom stereocenters. The van der Waals surface area contributed by atoms with Gasteiger partial charge < -0.3 is 19.2 Å². The van der Waals surface area contributed by atoms with E-state index in [1.54, 1.807) is 6.20 Å². The maximum Gasteiger partial charge on any atom is 0.255 e. The second-order valence-corrected chi connectivity index (χ2v) is 9.43. The van der Waals surface area contributed by atoms with Crippen LogP contribution in [0.5, 0.6) is 17.2 Å². The smallest absolute Gasteiger partial charge is 0.255 e. The second kappa shape index (κ2) is 9.23. The molecule has 2 fully saturated rings. The van der Waals surface area contributed by atoms with Gasteiger partial charge in [0, 0.05) is 41.7 Å². The van der Waals surface area contributed by atoms with E-state index in [9.17, 15) is 4.79 Å². The highest BCUT2D eigenvalue weighted by Crippen LogP contribution is 2.34. The molecule has 0 atom stereocenters. The van der Waals surface area contributed by atoms with Crippen molar-refractivity contribution < 1.29 is 18.7 Å². The minimum atomic E-state index is -0.0731. The first-order valence-corrected chi connectivity index (χ1v) is 12.4. The summed E-state index contributed by atoms with van der Waals surface area (Å²) in [5.74, 6) is 2.69. The van der Waals surface area contributed by atoms with E-state index in [1.165, 1.54) is 25.9 Å². The normalized spacial score (nSPS) is 16.1. The number of hydrogen-bond donors (Lipinski definition) is 1. The van der Waals surface area contributed by atoms with E-state index in [2.05, 4.69) is 15.2 Å². The molecule has 6 rings (SSSR count). The van der Waals surface area contributed by atoms with E-state index in [0.29, 0.717) is 41.1 Å². The van der Waals surface area contributed by atoms with Gasteiger partial charge in [0.05, 0.1) is 11.1 Å². The number of carbonyl (C=O) groups is 1. The lowest BCUT2D eigenvalue weighted by molar-refractivity contribution is 0.0951. The molecule has 1 amide bonds. The van der Waals surface area contributed by atoms with Gasteiger partial charge in [0.1, 0.15) is 35.2 Å². The van der Waals surface area contributed by atoms with Gasteiger partial charge in [-0.15, -0.1) is 0 Å². The number of benzene rings is 2. The van der Waals surface area contributed by atoms with Gasteiger partial charge in [0.15, 0.2) is 0 Å². The maximum atomic E-state index is 12.7. The Hall–Kier alpha value is -3.58. The molecule has 2 aromatic heterocycles. The predicted molar refractivity (Wildman–Crippen MR) is 134 cm³/mol. The van der Waals surface area contributed by atoms with Crippen LogP contribution in [-0.4, -0.2) is 48.1 Å². The Bertz CT molecular complexity index is 1390. The predicted octanol–water partition coefficient (Wildman–Crippen LogP) is 5.45. The summed E-state index contributed by atoms with van der Waals surface area (Å²) in [5.41, 5.74) is 2.05. The molecule has 3 heterocycles. The molecule has 7 heteroatoms. The molecule has 1 saturated carbocycles. The Morgan fingerprint density at radius 3 is 2.71 bits per heavy atom. The van der Waals surface area contributed by atoms with Crippen LogP contribution in [0.3, 0.4) is 0 Å². The number of carbonyl (C=O) groups excluding carboxylic acids is 1. The van der Waals surface area contributed by atoms with Gasteiger partial charge in [-0.1, -0.05) is 0 Å². The van der Waals surface area contributed by atoms with E-state index in [-0.39, 0.29) is 5.91 Å². The van der Waals surface area contributed by atoms with Gasteiger partial charge in [-0.25, -0.2) is 0 Å². The van der Waals surface area contributed by atoms with Crippen molar-refractivity contribution in [2.24, 2.45) is 0 Å². The third-order valence-corrected chi connectivity index (χ3v) is 6.75. The van der Waals surface area contributed by atoms with Crippen LogP contribution >= 0.6 is 0 Å². The van der Waals surface area contributed by atoms with Crippen LogP contribution in [0, 0.1) is 6.92 Å². The van der Waals surface area contributed by atoms with Crippen LogP contribution in [0.1, 0.15) is 41.8 Å². The quantitative estimate of drug-likeness (QED) is 0.368. The molecule has 180 valence electrons. The third-order valence-electron chi connectivity index (χ3n) is 6.75. The molecule has 1 aliphatic carbocycles. The number of rotatable bonds is 8. The number of furan rings is 1. The molecule has 0 spiro atoms. The number of hydrogen-bond acceptors (Lipinski definition) is 6. The standard InChI is InChI=1S/C28H29N3O4/c1-18-27(28(32)30-19-4-5-19)23-9-7-21(17-26(23)34-18)35-25-10-11-29-24-16-20(6-8-22(24)25)33-15-14-31-12-2-3-13-31/h6-11,16-17,19H,2-5,12-15H2,1H3,(H,30,32). The molecule has 0 bridgehead atoms. The highest BCUT2D eigenvalue weighted by atomic mass is 16.5. The fourth-order valence-corrected chi connectivity index (χ4v) is 4.74. The van der Waals surface area contributed by atoms with E-state index in [4.69, 9.17) is 13.9 Å². The van der Waals surface area contributed by atoms with Crippen LogP contribution in [0.2, 0.25) is 0 Å². The second-order valence-electron chi connectivity index (χ2n) is 9.43. The molecule has 2 aromatic carbocycles. The molecule has 1 aliphatic heterocycles. The van der Waals surface area contributed by atoms with Crippen molar-refractivity contribution in [2.45, 2.75) is 38.6 Å². The fourth-order valence-electron chi connectivity index (χ4n) is 4.74. The van der Waals surface area contributed by atoms with Crippen molar-refractivity contribution in [1.82, 2.24) is 15.2 Å². The number of ether oxygens (including phenoxy) is 2. The zero-order valence-electron chi connectivity index (χ0n) is 19.9. The first kappa shape index (κ1) is 21.9. The van der Waals surface area contributed by atoms with Gasteiger partial charge in [-0.2, -0.15) is 0 Å². The van der Waals surface area contributed by atoms with Gasteiger partial charge in [-0.05, 0) is 76.0 Å². The average Bonchev–Trinajstić information content (AvgIpc) is 3.38. The lowest BCUT2D eigenvalue weighted by Crippen LogP contribution is -2.25. The van der Waals surface area contributed by atoms with E-state index in [0.717, 1.165) is 41.4 Å². The van der Waals surface area contributed by atoms with Crippen LogP contribution in [0.15, 0.2) is 53.1 Å². The zero-order chi connectivity index (χ0) is 23.8. The minimum Gasteiger partial charge on any atom is -0.492 e. The number of nitrogens with one attached hydrogen (secondary N) is 1. The van der Waals surface area contributed by atoms with Crippen molar-refractivity contribution >= 4 is 27.8 Å². The highest BCUT2D eigenvalue weighted by Gasteiger charge is 2.27. The number of aryl methyl sites for hydroxylation is 1. The summed E-state index contributed by atoms with van der Waals surface area (Å²) in [6.07, 6.45) is 6.40. The maximum absolute atomic E-state index is 12.7. The van der Waals surface area contributed by atoms with Crippen molar-refractivity contribution in [3.8, 4) is 17.2 Å². The van der Waals surface area contributed by atoms with Crippen molar-refractivity contribution in [1.29, 1.82) is 0 Å². The summed E-state index contributed by atoms with van der Waals surface area (Å²) in [4.78, 5) is 19.6. The number of fused-ring (bicyclic) bond motifs is 2. The monoisotopic (exact) mass is 471 g/mol. The van der Waals surface area contributed by atoms with Gasteiger partial charge in [0.2, 0.25) is 0 Å². The summed E-state index contributed by atoms with van der Waals surface area (Å²) in [5, 5.41) is 4.74. The SMILES string of the molecule is Cc1oc2cc(Oc3ccnc4cc(OCCN5CCCC5)ccc34)ccc2c1C(=O)NC1CC1. The Labute approximate surface area is 204 Å². The Balaban J connectivity index is 1.19. The largest absolute Gasteiger partial charge is 0.492 e. The Morgan fingerprint density at radius 2 is 1.89 bits per heavy atom. The number of aromatic nitrogens is 1. The highest BCUT2D eigenvalue weighted by molar-refractivity contribution is 6.07. The summed E-state index contributed by atoms with van der Waals surface area (Å²) in [6.45, 7) is 5.78. The molecule has 0 radical (unpaired) electrons. The molecule has 4 aromatic rings. The van der Waals surface area contributed by atoms with Crippen LogP contribution in [0.25, 0.3) is 21.9 Å². The molecular weight excluding hydrogens is 442 g/mol. The van der Waals surface area contributed by atoms with E-state index in [1.807, 2.05) is 49.4 Å². The number of likely N-dealkylation sites (tertiary alicyclic amines) is 1. The van der Waals surface area contributed by atoms with Crippen molar-refractivity contribution in [3.63, 3.8) is 0 Å².